The normalized spacial score (nSPS) is 10.5. The van der Waals surface area contributed by atoms with Crippen LogP contribution >= 0.6 is 11.6 Å². The van der Waals surface area contributed by atoms with Crippen molar-refractivity contribution in [2.45, 2.75) is 6.42 Å². The second kappa shape index (κ2) is 9.84. The molecule has 0 aliphatic heterocycles. The fourth-order valence-corrected chi connectivity index (χ4v) is 2.75. The molecule has 1 heterocycles. The van der Waals surface area contributed by atoms with E-state index in [0.717, 1.165) is 17.0 Å². The van der Waals surface area contributed by atoms with Crippen LogP contribution < -0.4 is 15.4 Å². The van der Waals surface area contributed by atoms with Crippen molar-refractivity contribution in [3.05, 3.63) is 83.4 Å². The third-order valence-corrected chi connectivity index (χ3v) is 4.45. The van der Waals surface area contributed by atoms with Crippen LogP contribution in [0, 0.1) is 5.82 Å². The summed E-state index contributed by atoms with van der Waals surface area (Å²) >= 11 is 5.59. The van der Waals surface area contributed by atoms with E-state index in [1.54, 1.807) is 6.07 Å². The molecule has 0 radical (unpaired) electrons. The summed E-state index contributed by atoms with van der Waals surface area (Å²) in [7, 11) is 0. The molecular formula is C22H19ClFN3O3. The van der Waals surface area contributed by atoms with Crippen LogP contribution in [0.4, 0.5) is 4.39 Å². The average molecular weight is 428 g/mol. The van der Waals surface area contributed by atoms with Crippen LogP contribution in [0.5, 0.6) is 5.75 Å². The van der Waals surface area contributed by atoms with Gasteiger partial charge in [-0.05, 0) is 24.3 Å². The Bertz CT molecular complexity index is 1100. The van der Waals surface area contributed by atoms with Gasteiger partial charge in [0.15, 0.2) is 6.61 Å². The fourth-order valence-electron chi connectivity index (χ4n) is 2.64. The first-order valence-electron chi connectivity index (χ1n) is 9.11. The minimum absolute atomic E-state index is 0.0262. The van der Waals surface area contributed by atoms with Crippen molar-refractivity contribution in [2.24, 2.45) is 0 Å². The molecule has 3 rings (SSSR count). The van der Waals surface area contributed by atoms with Crippen molar-refractivity contribution in [3.8, 4) is 5.75 Å². The Balaban J connectivity index is 1.40. The summed E-state index contributed by atoms with van der Waals surface area (Å²) in [5, 5.41) is 6.18. The molecule has 0 unspecified atom stereocenters. The summed E-state index contributed by atoms with van der Waals surface area (Å²) in [6.45, 7) is 3.73. The maximum Gasteiger partial charge on any atom is 0.262 e. The van der Waals surface area contributed by atoms with Gasteiger partial charge in [-0.15, -0.1) is 0 Å². The monoisotopic (exact) mass is 427 g/mol. The predicted octanol–water partition coefficient (Wildman–Crippen LogP) is 3.86. The van der Waals surface area contributed by atoms with Crippen molar-refractivity contribution in [1.82, 2.24) is 15.6 Å². The Hall–Kier alpha value is -3.45. The van der Waals surface area contributed by atoms with E-state index in [1.165, 1.54) is 18.3 Å². The molecule has 2 aromatic carbocycles. The molecule has 0 fully saturated rings. The summed E-state index contributed by atoms with van der Waals surface area (Å²) in [5.74, 6) is -1.15. The van der Waals surface area contributed by atoms with Crippen LogP contribution in [-0.2, 0) is 4.79 Å². The van der Waals surface area contributed by atoms with Crippen molar-refractivity contribution >= 4 is 34.3 Å². The minimum atomic E-state index is -0.628. The van der Waals surface area contributed by atoms with E-state index in [0.29, 0.717) is 17.7 Å². The first-order valence-corrected chi connectivity index (χ1v) is 9.48. The zero-order valence-electron chi connectivity index (χ0n) is 16.0. The molecule has 2 amide bonds. The molecule has 2 N–H and O–H groups in total. The van der Waals surface area contributed by atoms with Crippen LogP contribution in [-0.4, -0.2) is 29.9 Å². The maximum atomic E-state index is 13.4. The minimum Gasteiger partial charge on any atom is -0.484 e. The molecule has 154 valence electrons. The number of aromatic nitrogens is 1. The lowest BCUT2D eigenvalue weighted by Crippen LogP contribution is -2.31. The number of nitrogens with zero attached hydrogens (tertiary/aromatic N) is 1. The number of nitrogens with one attached hydrogen (secondary N) is 2. The van der Waals surface area contributed by atoms with E-state index < -0.39 is 11.7 Å². The van der Waals surface area contributed by atoms with Gasteiger partial charge in [-0.3, -0.25) is 14.6 Å². The van der Waals surface area contributed by atoms with Gasteiger partial charge in [-0.25, -0.2) is 4.39 Å². The van der Waals surface area contributed by atoms with Gasteiger partial charge in [0.25, 0.3) is 11.8 Å². The van der Waals surface area contributed by atoms with Gasteiger partial charge in [-0.1, -0.05) is 36.4 Å². The molecule has 0 atom stereocenters. The lowest BCUT2D eigenvalue weighted by atomic mass is 10.1. The summed E-state index contributed by atoms with van der Waals surface area (Å²) in [6, 6.07) is 13.2. The van der Waals surface area contributed by atoms with E-state index in [-0.39, 0.29) is 29.8 Å². The zero-order valence-corrected chi connectivity index (χ0v) is 16.7. The largest absolute Gasteiger partial charge is 0.484 e. The average Bonchev–Trinajstić information content (AvgIpc) is 2.74. The van der Waals surface area contributed by atoms with Crippen LogP contribution in [0.1, 0.15) is 16.8 Å². The topological polar surface area (TPSA) is 80.3 Å². The number of rotatable bonds is 8. The summed E-state index contributed by atoms with van der Waals surface area (Å²) in [6.07, 6.45) is 1.86. The fraction of sp³-hybridized carbons (Fsp3) is 0.136. The van der Waals surface area contributed by atoms with Crippen LogP contribution in [0.25, 0.3) is 10.9 Å². The third-order valence-electron chi connectivity index (χ3n) is 4.14. The van der Waals surface area contributed by atoms with Crippen molar-refractivity contribution in [2.75, 3.05) is 13.2 Å². The smallest absolute Gasteiger partial charge is 0.262 e. The lowest BCUT2D eigenvalue weighted by molar-refractivity contribution is -0.122. The molecule has 1 aromatic heterocycles. The number of ether oxygens (including phenoxy) is 1. The van der Waals surface area contributed by atoms with E-state index in [1.807, 2.05) is 24.3 Å². The molecule has 6 nitrogen and oxygen atoms in total. The number of amides is 2. The van der Waals surface area contributed by atoms with E-state index >= 15 is 0 Å². The van der Waals surface area contributed by atoms with Gasteiger partial charge in [0.1, 0.15) is 11.6 Å². The third kappa shape index (κ3) is 5.78. The number of carbonyl (C=O) groups excluding carboxylic acids is 2. The molecule has 0 aliphatic carbocycles. The number of carbonyl (C=O) groups is 2. The number of hydrogen-bond acceptors (Lipinski definition) is 4. The van der Waals surface area contributed by atoms with E-state index in [2.05, 4.69) is 22.2 Å². The Morgan fingerprint density at radius 1 is 1.17 bits per heavy atom. The molecule has 0 aliphatic rings. The molecule has 0 bridgehead atoms. The number of fused-ring (bicyclic) bond motifs is 1. The molecular weight excluding hydrogens is 409 g/mol. The molecule has 0 saturated carbocycles. The molecule has 0 spiro atoms. The predicted molar refractivity (Wildman–Crippen MR) is 113 cm³/mol. The van der Waals surface area contributed by atoms with Crippen molar-refractivity contribution in [1.29, 1.82) is 0 Å². The van der Waals surface area contributed by atoms with Crippen LogP contribution in [0.3, 0.4) is 0 Å². The molecule has 3 aromatic rings. The highest BCUT2D eigenvalue weighted by Gasteiger charge is 2.09. The van der Waals surface area contributed by atoms with Crippen molar-refractivity contribution in [3.63, 3.8) is 0 Å². The van der Waals surface area contributed by atoms with Gasteiger partial charge in [-0.2, -0.15) is 0 Å². The second-order valence-corrected chi connectivity index (χ2v) is 6.85. The lowest BCUT2D eigenvalue weighted by Gasteiger charge is -2.11. The highest BCUT2D eigenvalue weighted by atomic mass is 35.5. The van der Waals surface area contributed by atoms with Crippen LogP contribution in [0.2, 0.25) is 5.02 Å². The van der Waals surface area contributed by atoms with E-state index in [9.17, 15) is 14.0 Å². The highest BCUT2D eigenvalue weighted by Crippen LogP contribution is 2.20. The number of benzene rings is 2. The Labute approximate surface area is 177 Å². The number of pyridine rings is 1. The molecule has 30 heavy (non-hydrogen) atoms. The quantitative estimate of drug-likeness (QED) is 0.572. The first kappa shape index (κ1) is 21.3. The number of halogens is 2. The highest BCUT2D eigenvalue weighted by molar-refractivity contribution is 6.30. The van der Waals surface area contributed by atoms with Gasteiger partial charge < -0.3 is 15.4 Å². The Kier molecular flexibility index (Phi) is 6.98. The van der Waals surface area contributed by atoms with Gasteiger partial charge in [0.05, 0.1) is 16.1 Å². The summed E-state index contributed by atoms with van der Waals surface area (Å²) in [5.41, 5.74) is 1.68. The van der Waals surface area contributed by atoms with Gasteiger partial charge in [0.2, 0.25) is 0 Å². The Morgan fingerprint density at radius 2 is 1.97 bits per heavy atom. The standard InChI is InChI=1S/C22H19ClFN3O3/c1-14(27-21(28)13-30-17-6-7-18(23)19(24)11-17)8-9-25-22(29)16-10-15-4-2-3-5-20(15)26-12-16/h2-7,10-12H,1,8-9,13H2,(H,25,29)(H,27,28). The van der Waals surface area contributed by atoms with Gasteiger partial charge >= 0.3 is 0 Å². The van der Waals surface area contributed by atoms with Crippen LogP contribution in [0.15, 0.2) is 67.0 Å². The maximum absolute atomic E-state index is 13.4. The van der Waals surface area contributed by atoms with Gasteiger partial charge in [0, 0.05) is 36.3 Å². The molecule has 8 heteroatoms. The first-order chi connectivity index (χ1) is 14.4. The summed E-state index contributed by atoms with van der Waals surface area (Å²) in [4.78, 5) is 28.4. The second-order valence-electron chi connectivity index (χ2n) is 6.44. The summed E-state index contributed by atoms with van der Waals surface area (Å²) < 4.78 is 18.6. The van der Waals surface area contributed by atoms with Crippen molar-refractivity contribution < 1.29 is 18.7 Å². The SMILES string of the molecule is C=C(CCNC(=O)c1cnc2ccccc2c1)NC(=O)COc1ccc(Cl)c(F)c1. The zero-order chi connectivity index (χ0) is 21.5. The molecule has 0 saturated heterocycles. The Morgan fingerprint density at radius 3 is 2.77 bits per heavy atom. The number of hydrogen-bond donors (Lipinski definition) is 2. The van der Waals surface area contributed by atoms with E-state index in [4.69, 9.17) is 16.3 Å². The number of para-hydroxylation sites is 1.